The highest BCUT2D eigenvalue weighted by molar-refractivity contribution is 5.68. The predicted octanol–water partition coefficient (Wildman–Crippen LogP) is 1.90. The Morgan fingerprint density at radius 2 is 2.19 bits per heavy atom. The number of aliphatic carboxylic acids is 1. The minimum absolute atomic E-state index is 0.0869. The molecule has 1 aromatic carbocycles. The summed E-state index contributed by atoms with van der Waals surface area (Å²) in [6, 6.07) is 4.48. The molecule has 1 aromatic rings. The van der Waals surface area contributed by atoms with Crippen LogP contribution in [0.2, 0.25) is 0 Å². The quantitative estimate of drug-likeness (QED) is 0.385. The van der Waals surface area contributed by atoms with Crippen molar-refractivity contribution in [2.75, 3.05) is 31.7 Å². The Labute approximate surface area is 121 Å². The van der Waals surface area contributed by atoms with Crippen molar-refractivity contribution in [3.8, 4) is 5.75 Å². The van der Waals surface area contributed by atoms with Gasteiger partial charge in [-0.2, -0.15) is 0 Å². The summed E-state index contributed by atoms with van der Waals surface area (Å²) in [4.78, 5) is 20.6. The molecule has 0 saturated heterocycles. The van der Waals surface area contributed by atoms with Gasteiger partial charge in [-0.25, -0.2) is 4.79 Å². The molecule has 1 rings (SSSR count). The third-order valence-corrected chi connectivity index (χ3v) is 2.42. The van der Waals surface area contributed by atoms with Crippen LogP contribution in [0, 0.1) is 10.1 Å². The molecule has 8 heteroatoms. The molecule has 0 atom stereocenters. The SMILES string of the molecule is CCCOc1cc(NCCOCC(=O)O)ccc1[N+](=O)[O-]. The molecule has 2 N–H and O–H groups in total. The van der Waals surface area contributed by atoms with Crippen molar-refractivity contribution in [2.24, 2.45) is 0 Å². The van der Waals surface area contributed by atoms with Crippen LogP contribution in [-0.2, 0) is 9.53 Å². The van der Waals surface area contributed by atoms with Gasteiger partial charge in [-0.15, -0.1) is 0 Å². The van der Waals surface area contributed by atoms with E-state index in [-0.39, 0.29) is 24.7 Å². The number of rotatable bonds is 10. The van der Waals surface area contributed by atoms with Gasteiger partial charge >= 0.3 is 11.7 Å². The van der Waals surface area contributed by atoms with Gasteiger partial charge in [0.15, 0.2) is 5.75 Å². The second kappa shape index (κ2) is 8.75. The largest absolute Gasteiger partial charge is 0.487 e. The van der Waals surface area contributed by atoms with Crippen molar-refractivity contribution in [1.29, 1.82) is 0 Å². The van der Waals surface area contributed by atoms with Gasteiger partial charge in [0, 0.05) is 24.4 Å². The fourth-order valence-corrected chi connectivity index (χ4v) is 1.53. The van der Waals surface area contributed by atoms with Crippen LogP contribution in [-0.4, -0.2) is 42.4 Å². The molecule has 0 heterocycles. The highest BCUT2D eigenvalue weighted by Gasteiger charge is 2.15. The fraction of sp³-hybridized carbons (Fsp3) is 0.462. The first kappa shape index (κ1) is 16.7. The Balaban J connectivity index is 2.58. The van der Waals surface area contributed by atoms with Crippen LogP contribution in [0.4, 0.5) is 11.4 Å². The Hall–Kier alpha value is -2.35. The third-order valence-electron chi connectivity index (χ3n) is 2.42. The summed E-state index contributed by atoms with van der Waals surface area (Å²) in [5.41, 5.74) is 0.557. The number of carbonyl (C=O) groups is 1. The minimum Gasteiger partial charge on any atom is -0.487 e. The molecule has 0 unspecified atom stereocenters. The molecule has 0 saturated carbocycles. The van der Waals surface area contributed by atoms with E-state index in [2.05, 4.69) is 5.32 Å². The van der Waals surface area contributed by atoms with E-state index in [9.17, 15) is 14.9 Å². The summed E-state index contributed by atoms with van der Waals surface area (Å²) >= 11 is 0. The van der Waals surface area contributed by atoms with E-state index >= 15 is 0 Å². The Morgan fingerprint density at radius 1 is 1.43 bits per heavy atom. The summed E-state index contributed by atoms with van der Waals surface area (Å²) in [7, 11) is 0. The van der Waals surface area contributed by atoms with Gasteiger partial charge in [-0.1, -0.05) is 6.92 Å². The zero-order valence-corrected chi connectivity index (χ0v) is 11.7. The normalized spacial score (nSPS) is 10.1. The molecule has 0 amide bonds. The van der Waals surface area contributed by atoms with E-state index in [4.69, 9.17) is 14.6 Å². The standard InChI is InChI=1S/C13H18N2O6/c1-2-6-21-12-8-10(3-4-11(12)15(18)19)14-5-7-20-9-13(16)17/h3-4,8,14H,2,5-7,9H2,1H3,(H,16,17). The molecule has 21 heavy (non-hydrogen) atoms. The Morgan fingerprint density at radius 3 is 2.81 bits per heavy atom. The van der Waals surface area contributed by atoms with Crippen molar-refractivity contribution in [3.05, 3.63) is 28.3 Å². The first-order valence-corrected chi connectivity index (χ1v) is 6.49. The van der Waals surface area contributed by atoms with Crippen LogP contribution in [0.25, 0.3) is 0 Å². The van der Waals surface area contributed by atoms with Crippen LogP contribution in [0.5, 0.6) is 5.75 Å². The monoisotopic (exact) mass is 298 g/mol. The van der Waals surface area contributed by atoms with Gasteiger partial charge < -0.3 is 19.9 Å². The predicted molar refractivity (Wildman–Crippen MR) is 75.8 cm³/mol. The van der Waals surface area contributed by atoms with E-state index in [1.807, 2.05) is 6.92 Å². The number of hydrogen-bond donors (Lipinski definition) is 2. The number of nitro groups is 1. The van der Waals surface area contributed by atoms with E-state index in [1.165, 1.54) is 6.07 Å². The maximum atomic E-state index is 10.9. The molecule has 0 aromatic heterocycles. The summed E-state index contributed by atoms with van der Waals surface area (Å²) in [6.07, 6.45) is 0.748. The lowest BCUT2D eigenvalue weighted by Crippen LogP contribution is -2.14. The van der Waals surface area contributed by atoms with Gasteiger partial charge in [0.1, 0.15) is 6.61 Å². The van der Waals surface area contributed by atoms with Crippen molar-refractivity contribution in [3.63, 3.8) is 0 Å². The zero-order chi connectivity index (χ0) is 15.7. The van der Waals surface area contributed by atoms with Crippen LogP contribution in [0.3, 0.4) is 0 Å². The first-order chi connectivity index (χ1) is 10.0. The average molecular weight is 298 g/mol. The molecule has 0 bridgehead atoms. The number of hydrogen-bond acceptors (Lipinski definition) is 6. The molecular weight excluding hydrogens is 280 g/mol. The number of nitrogens with one attached hydrogen (secondary N) is 1. The van der Waals surface area contributed by atoms with E-state index in [1.54, 1.807) is 12.1 Å². The van der Waals surface area contributed by atoms with Crippen LogP contribution in [0.1, 0.15) is 13.3 Å². The molecule has 0 aliphatic carbocycles. The highest BCUT2D eigenvalue weighted by Crippen LogP contribution is 2.30. The second-order valence-corrected chi connectivity index (χ2v) is 4.16. The number of carboxylic acid groups (broad SMARTS) is 1. The van der Waals surface area contributed by atoms with Crippen molar-refractivity contribution >= 4 is 17.3 Å². The molecule has 0 aliphatic rings. The second-order valence-electron chi connectivity index (χ2n) is 4.16. The average Bonchev–Trinajstić information content (AvgIpc) is 2.44. The van der Waals surface area contributed by atoms with Gasteiger partial charge in [0.2, 0.25) is 0 Å². The highest BCUT2D eigenvalue weighted by atomic mass is 16.6. The number of benzene rings is 1. The van der Waals surface area contributed by atoms with Gasteiger partial charge in [0.25, 0.3) is 0 Å². The van der Waals surface area contributed by atoms with E-state index in [0.717, 1.165) is 6.42 Å². The summed E-state index contributed by atoms with van der Waals surface area (Å²) in [5.74, 6) is -0.820. The van der Waals surface area contributed by atoms with Gasteiger partial charge in [-0.3, -0.25) is 10.1 Å². The van der Waals surface area contributed by atoms with E-state index < -0.39 is 10.9 Å². The minimum atomic E-state index is -1.03. The maximum absolute atomic E-state index is 10.9. The third kappa shape index (κ3) is 6.09. The van der Waals surface area contributed by atoms with Gasteiger partial charge in [0.05, 0.1) is 18.1 Å². The van der Waals surface area contributed by atoms with Crippen LogP contribution in [0.15, 0.2) is 18.2 Å². The van der Waals surface area contributed by atoms with Crippen molar-refractivity contribution in [1.82, 2.24) is 0 Å². The van der Waals surface area contributed by atoms with Crippen molar-refractivity contribution in [2.45, 2.75) is 13.3 Å². The van der Waals surface area contributed by atoms with E-state index in [0.29, 0.717) is 18.8 Å². The molecule has 0 spiro atoms. The maximum Gasteiger partial charge on any atom is 0.329 e. The molecule has 0 fully saturated rings. The molecule has 116 valence electrons. The smallest absolute Gasteiger partial charge is 0.329 e. The molecular formula is C13H18N2O6. The fourth-order valence-electron chi connectivity index (χ4n) is 1.53. The summed E-state index contributed by atoms with van der Waals surface area (Å²) in [5, 5.41) is 22.3. The number of ether oxygens (including phenoxy) is 2. The van der Waals surface area contributed by atoms with Crippen LogP contribution >= 0.6 is 0 Å². The number of carboxylic acids is 1. The lowest BCUT2D eigenvalue weighted by Gasteiger charge is -2.10. The number of nitro benzene ring substituents is 1. The van der Waals surface area contributed by atoms with Gasteiger partial charge in [-0.05, 0) is 12.5 Å². The molecule has 0 aliphatic heterocycles. The molecule has 8 nitrogen and oxygen atoms in total. The lowest BCUT2D eigenvalue weighted by molar-refractivity contribution is -0.385. The number of nitrogens with zero attached hydrogens (tertiary/aromatic N) is 1. The number of anilines is 1. The zero-order valence-electron chi connectivity index (χ0n) is 11.7. The molecule has 0 radical (unpaired) electrons. The Bertz CT molecular complexity index is 492. The summed E-state index contributed by atoms with van der Waals surface area (Å²) < 4.78 is 10.2. The topological polar surface area (TPSA) is 111 Å². The van der Waals surface area contributed by atoms with Crippen molar-refractivity contribution < 1.29 is 24.3 Å². The van der Waals surface area contributed by atoms with Crippen LogP contribution < -0.4 is 10.1 Å². The summed E-state index contributed by atoms with van der Waals surface area (Å²) in [6.45, 7) is 2.55. The Kier molecular flexibility index (Phi) is 6.96. The first-order valence-electron chi connectivity index (χ1n) is 6.49. The lowest BCUT2D eigenvalue weighted by atomic mass is 10.2.